The first-order chi connectivity index (χ1) is 7.70. The first-order valence-electron chi connectivity index (χ1n) is 5.83. The third-order valence-corrected chi connectivity index (χ3v) is 4.21. The quantitative estimate of drug-likeness (QED) is 0.878. The lowest BCUT2D eigenvalue weighted by Gasteiger charge is -2.38. The fraction of sp³-hybridized carbons (Fsp3) is 0.667. The van der Waals surface area contributed by atoms with Gasteiger partial charge in [0.2, 0.25) is 0 Å². The van der Waals surface area contributed by atoms with Crippen LogP contribution in [0.4, 0.5) is 0 Å². The maximum Gasteiger partial charge on any atom is 0.122 e. The zero-order valence-electron chi connectivity index (χ0n) is 9.93. The number of nitrogens with zero attached hydrogens (tertiary/aromatic N) is 1. The molecule has 2 heterocycles. The normalized spacial score (nSPS) is 29.2. The van der Waals surface area contributed by atoms with E-state index < -0.39 is 0 Å². The van der Waals surface area contributed by atoms with E-state index in [-0.39, 0.29) is 6.04 Å². The Labute approximate surface area is 101 Å². The highest BCUT2D eigenvalue weighted by Gasteiger charge is 2.29. The van der Waals surface area contributed by atoms with E-state index in [0.29, 0.717) is 17.0 Å². The van der Waals surface area contributed by atoms with Crippen LogP contribution in [0.1, 0.15) is 25.6 Å². The van der Waals surface area contributed by atoms with Crippen molar-refractivity contribution in [2.24, 2.45) is 5.73 Å². The van der Waals surface area contributed by atoms with E-state index in [1.165, 1.54) is 0 Å². The highest BCUT2D eigenvalue weighted by molar-refractivity contribution is 8.00. The Morgan fingerprint density at radius 2 is 2.19 bits per heavy atom. The maximum absolute atomic E-state index is 5.88. The second-order valence-corrected chi connectivity index (χ2v) is 6.36. The van der Waals surface area contributed by atoms with E-state index in [2.05, 4.69) is 30.5 Å². The summed E-state index contributed by atoms with van der Waals surface area (Å²) in [6.07, 6.45) is 1.73. The van der Waals surface area contributed by atoms with Gasteiger partial charge in [0.25, 0.3) is 0 Å². The lowest BCUT2D eigenvalue weighted by Crippen LogP contribution is -2.44. The average molecular weight is 240 g/mol. The molecule has 0 amide bonds. The van der Waals surface area contributed by atoms with Crippen molar-refractivity contribution < 1.29 is 4.42 Å². The van der Waals surface area contributed by atoms with Crippen molar-refractivity contribution in [3.8, 4) is 0 Å². The molecular formula is C12H20N2OS. The Bertz CT molecular complexity index is 305. The molecule has 0 aromatic carbocycles. The Morgan fingerprint density at radius 3 is 2.69 bits per heavy atom. The summed E-state index contributed by atoms with van der Waals surface area (Å²) in [6, 6.07) is 4.19. The first-order valence-corrected chi connectivity index (χ1v) is 6.78. The van der Waals surface area contributed by atoms with Crippen LogP contribution in [0.3, 0.4) is 0 Å². The van der Waals surface area contributed by atoms with Crippen LogP contribution in [0.25, 0.3) is 0 Å². The maximum atomic E-state index is 5.88. The molecule has 1 aromatic rings. The third kappa shape index (κ3) is 2.62. The summed E-state index contributed by atoms with van der Waals surface area (Å²) >= 11 is 2.06. The van der Waals surface area contributed by atoms with E-state index in [0.717, 1.165) is 18.8 Å². The number of thioether (sulfide) groups is 1. The van der Waals surface area contributed by atoms with Crippen molar-refractivity contribution >= 4 is 11.8 Å². The van der Waals surface area contributed by atoms with Gasteiger partial charge in [-0.25, -0.2) is 0 Å². The van der Waals surface area contributed by atoms with E-state index >= 15 is 0 Å². The van der Waals surface area contributed by atoms with Gasteiger partial charge in [0.15, 0.2) is 0 Å². The van der Waals surface area contributed by atoms with Crippen LogP contribution in [0.15, 0.2) is 22.8 Å². The van der Waals surface area contributed by atoms with Crippen molar-refractivity contribution in [2.75, 3.05) is 19.6 Å². The van der Waals surface area contributed by atoms with Gasteiger partial charge < -0.3 is 10.2 Å². The molecule has 3 unspecified atom stereocenters. The summed E-state index contributed by atoms with van der Waals surface area (Å²) in [4.78, 5) is 2.45. The molecule has 0 bridgehead atoms. The molecule has 0 spiro atoms. The summed E-state index contributed by atoms with van der Waals surface area (Å²) < 4.78 is 5.48. The molecule has 2 N–H and O–H groups in total. The fourth-order valence-electron chi connectivity index (χ4n) is 2.40. The molecule has 1 aliphatic heterocycles. The van der Waals surface area contributed by atoms with Crippen molar-refractivity contribution in [3.63, 3.8) is 0 Å². The van der Waals surface area contributed by atoms with E-state index in [4.69, 9.17) is 10.2 Å². The highest BCUT2D eigenvalue weighted by Crippen LogP contribution is 2.30. The molecule has 1 aliphatic rings. The van der Waals surface area contributed by atoms with E-state index in [1.807, 2.05) is 12.1 Å². The summed E-state index contributed by atoms with van der Waals surface area (Å²) in [7, 11) is 0. The molecule has 16 heavy (non-hydrogen) atoms. The standard InChI is InChI=1S/C12H20N2OS/c1-9-7-14(8-10(2)16-9)11(6-13)12-4-3-5-15-12/h3-5,9-11H,6-8,13H2,1-2H3. The number of hydrogen-bond acceptors (Lipinski definition) is 4. The Balaban J connectivity index is 2.09. The van der Waals surface area contributed by atoms with Crippen LogP contribution in [0.2, 0.25) is 0 Å². The van der Waals surface area contributed by atoms with Gasteiger partial charge in [-0.15, -0.1) is 0 Å². The van der Waals surface area contributed by atoms with Gasteiger partial charge in [-0.2, -0.15) is 11.8 Å². The lowest BCUT2D eigenvalue weighted by atomic mass is 10.1. The van der Waals surface area contributed by atoms with Gasteiger partial charge in [0, 0.05) is 30.1 Å². The minimum Gasteiger partial charge on any atom is -0.468 e. The zero-order chi connectivity index (χ0) is 11.5. The van der Waals surface area contributed by atoms with Gasteiger partial charge >= 0.3 is 0 Å². The zero-order valence-corrected chi connectivity index (χ0v) is 10.7. The van der Waals surface area contributed by atoms with Gasteiger partial charge in [0.1, 0.15) is 5.76 Å². The van der Waals surface area contributed by atoms with E-state index in [9.17, 15) is 0 Å². The average Bonchev–Trinajstić information content (AvgIpc) is 2.70. The molecule has 3 atom stereocenters. The fourth-order valence-corrected chi connectivity index (χ4v) is 3.75. The number of nitrogens with two attached hydrogens (primary N) is 1. The third-order valence-electron chi connectivity index (χ3n) is 2.98. The molecule has 4 heteroatoms. The minimum absolute atomic E-state index is 0.237. The van der Waals surface area contributed by atoms with Gasteiger partial charge in [-0.3, -0.25) is 4.90 Å². The minimum atomic E-state index is 0.237. The predicted octanol–water partition coefficient (Wildman–Crippen LogP) is 2.11. The molecule has 1 saturated heterocycles. The number of furan rings is 1. The van der Waals surface area contributed by atoms with Gasteiger partial charge in [-0.1, -0.05) is 13.8 Å². The smallest absolute Gasteiger partial charge is 0.122 e. The van der Waals surface area contributed by atoms with Crippen molar-refractivity contribution in [1.29, 1.82) is 0 Å². The Morgan fingerprint density at radius 1 is 1.50 bits per heavy atom. The predicted molar refractivity (Wildman–Crippen MR) is 68.6 cm³/mol. The molecule has 3 nitrogen and oxygen atoms in total. The molecule has 1 aromatic heterocycles. The van der Waals surface area contributed by atoms with Crippen LogP contribution in [0, 0.1) is 0 Å². The molecule has 1 fully saturated rings. The second-order valence-electron chi connectivity index (χ2n) is 4.48. The van der Waals surface area contributed by atoms with E-state index in [1.54, 1.807) is 6.26 Å². The second kappa shape index (κ2) is 5.25. The topological polar surface area (TPSA) is 42.4 Å². The summed E-state index contributed by atoms with van der Waals surface area (Å²) in [6.45, 7) is 7.37. The number of rotatable bonds is 3. The van der Waals surface area contributed by atoms with Crippen molar-refractivity contribution in [1.82, 2.24) is 4.90 Å². The molecule has 2 rings (SSSR count). The lowest BCUT2D eigenvalue weighted by molar-refractivity contribution is 0.177. The van der Waals surface area contributed by atoms with Crippen LogP contribution in [0.5, 0.6) is 0 Å². The highest BCUT2D eigenvalue weighted by atomic mass is 32.2. The van der Waals surface area contributed by atoms with Crippen molar-refractivity contribution in [2.45, 2.75) is 30.4 Å². The van der Waals surface area contributed by atoms with Crippen molar-refractivity contribution in [3.05, 3.63) is 24.2 Å². The van der Waals surface area contributed by atoms with Gasteiger partial charge in [-0.05, 0) is 12.1 Å². The van der Waals surface area contributed by atoms with Crippen LogP contribution in [-0.2, 0) is 0 Å². The molecule has 0 aliphatic carbocycles. The summed E-state index contributed by atoms with van der Waals surface area (Å²) in [5.41, 5.74) is 5.88. The van der Waals surface area contributed by atoms with Crippen LogP contribution in [-0.4, -0.2) is 35.0 Å². The van der Waals surface area contributed by atoms with Crippen LogP contribution >= 0.6 is 11.8 Å². The molecule has 90 valence electrons. The Kier molecular flexibility index (Phi) is 3.95. The molecule has 0 saturated carbocycles. The number of hydrogen-bond donors (Lipinski definition) is 1. The monoisotopic (exact) mass is 240 g/mol. The largest absolute Gasteiger partial charge is 0.468 e. The van der Waals surface area contributed by atoms with Crippen LogP contribution < -0.4 is 5.73 Å². The first kappa shape index (κ1) is 12.0. The molecular weight excluding hydrogens is 220 g/mol. The van der Waals surface area contributed by atoms with Gasteiger partial charge in [0.05, 0.1) is 12.3 Å². The summed E-state index contributed by atoms with van der Waals surface area (Å²) in [5, 5.41) is 1.35. The SMILES string of the molecule is CC1CN(C(CN)c2ccco2)CC(C)S1. The summed E-state index contributed by atoms with van der Waals surface area (Å²) in [5.74, 6) is 0.994. The molecule has 0 radical (unpaired) electrons. The Hall–Kier alpha value is -0.450.